The van der Waals surface area contributed by atoms with Gasteiger partial charge < -0.3 is 20.4 Å². The second kappa shape index (κ2) is 5.93. The van der Waals surface area contributed by atoms with Gasteiger partial charge in [0.2, 0.25) is 0 Å². The number of phenols is 1. The number of aromatic hydroxyl groups is 1. The van der Waals surface area contributed by atoms with Gasteiger partial charge >= 0.3 is 6.03 Å². The van der Waals surface area contributed by atoms with Crippen LogP contribution in [0.15, 0.2) is 18.2 Å². The number of piperidine rings is 1. The first-order valence-electron chi connectivity index (χ1n) is 7.66. The Hall–Kier alpha value is -1.75. The van der Waals surface area contributed by atoms with Crippen molar-refractivity contribution in [3.63, 3.8) is 0 Å². The second-order valence-corrected chi connectivity index (χ2v) is 6.02. The van der Waals surface area contributed by atoms with E-state index in [0.29, 0.717) is 12.3 Å². The van der Waals surface area contributed by atoms with Gasteiger partial charge in [-0.2, -0.15) is 0 Å². The minimum atomic E-state index is -0.0608. The molecule has 0 radical (unpaired) electrons. The highest BCUT2D eigenvalue weighted by atomic mass is 16.3. The number of rotatable bonds is 2. The van der Waals surface area contributed by atoms with Gasteiger partial charge in [0.25, 0.3) is 0 Å². The molecule has 3 rings (SSSR count). The van der Waals surface area contributed by atoms with Crippen molar-refractivity contribution in [2.24, 2.45) is 5.92 Å². The summed E-state index contributed by atoms with van der Waals surface area (Å²) in [5.41, 5.74) is 1.98. The van der Waals surface area contributed by atoms with Gasteiger partial charge in [-0.1, -0.05) is 12.1 Å². The van der Waals surface area contributed by atoms with Crippen LogP contribution in [-0.4, -0.2) is 40.8 Å². The highest BCUT2D eigenvalue weighted by Gasteiger charge is 2.29. The van der Waals surface area contributed by atoms with Gasteiger partial charge in [0.15, 0.2) is 0 Å². The Bertz CT molecular complexity index is 532. The van der Waals surface area contributed by atoms with Crippen molar-refractivity contribution >= 4 is 6.03 Å². The topological polar surface area (TPSA) is 72.8 Å². The fraction of sp³-hybridized carbons (Fsp3) is 0.562. The predicted molar refractivity (Wildman–Crippen MR) is 79.1 cm³/mol. The molecular weight excluding hydrogens is 268 g/mol. The minimum absolute atomic E-state index is 0.0193. The predicted octanol–water partition coefficient (Wildman–Crippen LogP) is 1.79. The van der Waals surface area contributed by atoms with Crippen LogP contribution >= 0.6 is 0 Å². The summed E-state index contributed by atoms with van der Waals surface area (Å²) in [4.78, 5) is 14.2. The van der Waals surface area contributed by atoms with Crippen molar-refractivity contribution in [2.45, 2.75) is 31.7 Å². The van der Waals surface area contributed by atoms with Crippen LogP contribution in [-0.2, 0) is 6.42 Å². The molecule has 5 nitrogen and oxygen atoms in total. The van der Waals surface area contributed by atoms with Crippen molar-refractivity contribution in [3.05, 3.63) is 29.3 Å². The summed E-state index contributed by atoms with van der Waals surface area (Å²) in [5, 5.41) is 22.2. The number of fused-ring (bicyclic) bond motifs is 1. The van der Waals surface area contributed by atoms with Crippen LogP contribution in [0.4, 0.5) is 4.79 Å². The number of amides is 2. The van der Waals surface area contributed by atoms with Crippen molar-refractivity contribution in [1.29, 1.82) is 0 Å². The number of carbonyl (C=O) groups is 1. The number of nitrogens with zero attached hydrogens (tertiary/aromatic N) is 1. The molecule has 5 heteroatoms. The molecule has 2 unspecified atom stereocenters. The zero-order valence-corrected chi connectivity index (χ0v) is 12.1. The van der Waals surface area contributed by atoms with Crippen LogP contribution < -0.4 is 5.32 Å². The SMILES string of the molecule is O=C(NC1CCc2c(O)cccc21)N1CCCC(CO)C1. The zero-order valence-electron chi connectivity index (χ0n) is 12.1. The highest BCUT2D eigenvalue weighted by Crippen LogP contribution is 2.36. The largest absolute Gasteiger partial charge is 0.508 e. The minimum Gasteiger partial charge on any atom is -0.508 e. The molecular formula is C16H22N2O3. The standard InChI is InChI=1S/C16H22N2O3/c19-10-11-3-2-8-18(9-11)16(21)17-14-7-6-13-12(14)4-1-5-15(13)20/h1,4-5,11,14,19-20H,2-3,6-10H2,(H,17,21). The molecule has 3 N–H and O–H groups in total. The number of aliphatic hydroxyl groups excluding tert-OH is 1. The Kier molecular flexibility index (Phi) is 4.01. The molecule has 114 valence electrons. The molecule has 2 amide bonds. The normalized spacial score (nSPS) is 24.7. The molecule has 0 spiro atoms. The number of benzene rings is 1. The van der Waals surface area contributed by atoms with E-state index < -0.39 is 0 Å². The molecule has 0 aromatic heterocycles. The van der Waals surface area contributed by atoms with E-state index in [9.17, 15) is 15.0 Å². The third-order valence-corrected chi connectivity index (χ3v) is 4.61. The summed E-state index contributed by atoms with van der Waals surface area (Å²) < 4.78 is 0. The van der Waals surface area contributed by atoms with Crippen molar-refractivity contribution < 1.29 is 15.0 Å². The van der Waals surface area contributed by atoms with Crippen molar-refractivity contribution in [2.75, 3.05) is 19.7 Å². The fourth-order valence-corrected chi connectivity index (χ4v) is 3.42. The summed E-state index contributed by atoms with van der Waals surface area (Å²) in [6, 6.07) is 5.41. The van der Waals surface area contributed by atoms with E-state index in [-0.39, 0.29) is 24.6 Å². The Balaban J connectivity index is 1.66. The number of phenolic OH excluding ortho intramolecular Hbond substituents is 1. The van der Waals surface area contributed by atoms with E-state index in [4.69, 9.17) is 0 Å². The van der Waals surface area contributed by atoms with Crippen LogP contribution in [0.25, 0.3) is 0 Å². The lowest BCUT2D eigenvalue weighted by Gasteiger charge is -2.32. The van der Waals surface area contributed by atoms with Crippen molar-refractivity contribution in [3.8, 4) is 5.75 Å². The lowest BCUT2D eigenvalue weighted by atomic mass is 9.99. The molecule has 21 heavy (non-hydrogen) atoms. The number of hydrogen-bond donors (Lipinski definition) is 3. The van der Waals surface area contributed by atoms with Crippen LogP contribution in [0, 0.1) is 5.92 Å². The Morgan fingerprint density at radius 3 is 3.05 bits per heavy atom. The average molecular weight is 290 g/mol. The number of aliphatic hydroxyl groups is 1. The van der Waals surface area contributed by atoms with Gasteiger partial charge in [-0.05, 0) is 48.8 Å². The lowest BCUT2D eigenvalue weighted by Crippen LogP contribution is -2.46. The Morgan fingerprint density at radius 1 is 1.38 bits per heavy atom. The maximum absolute atomic E-state index is 12.4. The van der Waals surface area contributed by atoms with Crippen LogP contribution in [0.5, 0.6) is 5.75 Å². The monoisotopic (exact) mass is 290 g/mol. The van der Waals surface area contributed by atoms with Gasteiger partial charge in [0, 0.05) is 19.7 Å². The van der Waals surface area contributed by atoms with Crippen LogP contribution in [0.3, 0.4) is 0 Å². The van der Waals surface area contributed by atoms with Gasteiger partial charge in [-0.15, -0.1) is 0 Å². The molecule has 2 atom stereocenters. The summed E-state index contributed by atoms with van der Waals surface area (Å²) in [6.45, 7) is 1.52. The first-order valence-corrected chi connectivity index (χ1v) is 7.66. The van der Waals surface area contributed by atoms with E-state index in [2.05, 4.69) is 5.32 Å². The molecule has 1 aliphatic carbocycles. The Morgan fingerprint density at radius 2 is 2.24 bits per heavy atom. The summed E-state index contributed by atoms with van der Waals surface area (Å²) in [6.07, 6.45) is 3.56. The number of carbonyl (C=O) groups excluding carboxylic acids is 1. The first kappa shape index (κ1) is 14.2. The highest BCUT2D eigenvalue weighted by molar-refractivity contribution is 5.75. The van der Waals surface area contributed by atoms with Gasteiger partial charge in [-0.25, -0.2) is 4.79 Å². The quantitative estimate of drug-likeness (QED) is 0.777. The van der Waals surface area contributed by atoms with E-state index in [1.54, 1.807) is 11.0 Å². The number of likely N-dealkylation sites (tertiary alicyclic amines) is 1. The molecule has 1 heterocycles. The maximum atomic E-state index is 12.4. The number of hydrogen-bond acceptors (Lipinski definition) is 3. The van der Waals surface area contributed by atoms with E-state index in [1.165, 1.54) is 0 Å². The molecule has 0 bridgehead atoms. The maximum Gasteiger partial charge on any atom is 0.317 e. The van der Waals surface area contributed by atoms with Crippen LogP contribution in [0.1, 0.15) is 36.4 Å². The van der Waals surface area contributed by atoms with Gasteiger partial charge in [-0.3, -0.25) is 0 Å². The fourth-order valence-electron chi connectivity index (χ4n) is 3.42. The third kappa shape index (κ3) is 2.83. The number of urea groups is 1. The average Bonchev–Trinajstić information content (AvgIpc) is 2.92. The van der Waals surface area contributed by atoms with Gasteiger partial charge in [0.05, 0.1) is 6.04 Å². The number of nitrogens with one attached hydrogen (secondary N) is 1. The Labute approximate surface area is 124 Å². The van der Waals surface area contributed by atoms with E-state index >= 15 is 0 Å². The molecule has 1 saturated heterocycles. The molecule has 0 saturated carbocycles. The lowest BCUT2D eigenvalue weighted by molar-refractivity contribution is 0.128. The zero-order chi connectivity index (χ0) is 14.8. The smallest absolute Gasteiger partial charge is 0.317 e. The van der Waals surface area contributed by atoms with Crippen LogP contribution in [0.2, 0.25) is 0 Å². The first-order chi connectivity index (χ1) is 10.2. The molecule has 1 aromatic rings. The molecule has 2 aliphatic rings. The van der Waals surface area contributed by atoms with E-state index in [0.717, 1.165) is 43.4 Å². The third-order valence-electron chi connectivity index (χ3n) is 4.61. The summed E-state index contributed by atoms with van der Waals surface area (Å²) >= 11 is 0. The summed E-state index contributed by atoms with van der Waals surface area (Å²) in [7, 11) is 0. The molecule has 1 aliphatic heterocycles. The van der Waals surface area contributed by atoms with E-state index in [1.807, 2.05) is 12.1 Å². The molecule has 1 fully saturated rings. The summed E-state index contributed by atoms with van der Waals surface area (Å²) in [5.74, 6) is 0.520. The van der Waals surface area contributed by atoms with Gasteiger partial charge in [0.1, 0.15) is 5.75 Å². The molecule has 1 aromatic carbocycles. The second-order valence-electron chi connectivity index (χ2n) is 6.02. The van der Waals surface area contributed by atoms with Crippen molar-refractivity contribution in [1.82, 2.24) is 10.2 Å².